The molecule has 132 valence electrons. The van der Waals surface area contributed by atoms with Crippen molar-refractivity contribution in [1.82, 2.24) is 24.6 Å². The summed E-state index contributed by atoms with van der Waals surface area (Å²) < 4.78 is 40.8. The summed E-state index contributed by atoms with van der Waals surface area (Å²) >= 11 is 0. The van der Waals surface area contributed by atoms with Crippen LogP contribution in [0.15, 0.2) is 35.4 Å². The highest BCUT2D eigenvalue weighted by molar-refractivity contribution is 7.89. The second-order valence-electron chi connectivity index (χ2n) is 6.24. The minimum Gasteiger partial charge on any atom is -0.334 e. The number of carbonyl (C=O) groups excluding carboxylic acids is 1. The molecule has 2 saturated heterocycles. The number of nitrogens with zero attached hydrogens (tertiary/aromatic N) is 4. The highest BCUT2D eigenvalue weighted by Gasteiger charge is 2.48. The van der Waals surface area contributed by atoms with Crippen molar-refractivity contribution in [2.24, 2.45) is 0 Å². The number of benzene rings is 1. The van der Waals surface area contributed by atoms with Gasteiger partial charge >= 0.3 is 0 Å². The van der Waals surface area contributed by atoms with Crippen molar-refractivity contribution in [3.63, 3.8) is 0 Å². The Morgan fingerprint density at radius 2 is 1.96 bits per heavy atom. The van der Waals surface area contributed by atoms with Gasteiger partial charge in [0, 0.05) is 25.2 Å². The van der Waals surface area contributed by atoms with E-state index in [9.17, 15) is 17.6 Å². The minimum absolute atomic E-state index is 0.0549. The van der Waals surface area contributed by atoms with E-state index in [1.54, 1.807) is 4.90 Å². The summed E-state index contributed by atoms with van der Waals surface area (Å²) in [6, 6.07) is 4.38. The highest BCUT2D eigenvalue weighted by Crippen LogP contribution is 2.35. The first-order valence-corrected chi connectivity index (χ1v) is 9.35. The number of halogens is 1. The Morgan fingerprint density at radius 1 is 1.24 bits per heavy atom. The summed E-state index contributed by atoms with van der Waals surface area (Å²) in [5.74, 6) is -0.860. The third kappa shape index (κ3) is 2.71. The fourth-order valence-corrected chi connectivity index (χ4v) is 5.52. The molecule has 1 aromatic heterocycles. The van der Waals surface area contributed by atoms with Crippen LogP contribution in [0.1, 0.15) is 23.3 Å². The molecule has 2 aliphatic heterocycles. The number of hydrogen-bond acceptors (Lipinski definition) is 5. The van der Waals surface area contributed by atoms with E-state index in [-0.39, 0.29) is 41.7 Å². The third-order valence-electron chi connectivity index (χ3n) is 4.71. The fraction of sp³-hybridized carbons (Fsp3) is 0.400. The Kier molecular flexibility index (Phi) is 3.80. The Morgan fingerprint density at radius 3 is 2.56 bits per heavy atom. The van der Waals surface area contributed by atoms with Gasteiger partial charge in [-0.25, -0.2) is 12.8 Å². The van der Waals surface area contributed by atoms with Crippen LogP contribution in [0.25, 0.3) is 0 Å². The molecule has 3 heterocycles. The number of H-pyrrole nitrogens is 1. The van der Waals surface area contributed by atoms with Gasteiger partial charge < -0.3 is 4.90 Å². The molecule has 0 radical (unpaired) electrons. The molecule has 2 bridgehead atoms. The molecule has 1 N–H and O–H groups in total. The van der Waals surface area contributed by atoms with Crippen molar-refractivity contribution in [3.8, 4) is 0 Å². The zero-order valence-corrected chi connectivity index (χ0v) is 14.0. The molecule has 25 heavy (non-hydrogen) atoms. The van der Waals surface area contributed by atoms with E-state index in [0.29, 0.717) is 12.8 Å². The molecule has 1 aromatic carbocycles. The third-order valence-corrected chi connectivity index (χ3v) is 6.71. The summed E-state index contributed by atoms with van der Waals surface area (Å²) in [6.45, 7) is 0.577. The van der Waals surface area contributed by atoms with Crippen LogP contribution in [0.4, 0.5) is 4.39 Å². The number of rotatable bonds is 3. The quantitative estimate of drug-likeness (QED) is 0.860. The molecular formula is C15H16FN5O3S. The molecule has 0 spiro atoms. The smallest absolute Gasteiger partial charge is 0.276 e. The lowest BCUT2D eigenvalue weighted by atomic mass is 10.2. The normalized spacial score (nSPS) is 23.8. The zero-order valence-electron chi connectivity index (χ0n) is 13.2. The largest absolute Gasteiger partial charge is 0.334 e. The SMILES string of the molecule is O=C(c1cn[nH]n1)N1CC2CCC(C1)N2S(=O)(=O)c1cccc(F)c1. The van der Waals surface area contributed by atoms with E-state index in [1.165, 1.54) is 28.7 Å². The standard InChI is InChI=1S/C15H16FN5O3S/c16-10-2-1-3-13(6-10)25(23,24)21-11-4-5-12(21)9-20(8-11)15(22)14-7-17-19-18-14/h1-3,6-7,11-12H,4-5,8-9H2,(H,17,18,19). The zero-order chi connectivity index (χ0) is 17.6. The van der Waals surface area contributed by atoms with Crippen LogP contribution >= 0.6 is 0 Å². The van der Waals surface area contributed by atoms with E-state index in [4.69, 9.17) is 0 Å². The number of likely N-dealkylation sites (tertiary alicyclic amines) is 1. The lowest BCUT2D eigenvalue weighted by Gasteiger charge is -2.39. The van der Waals surface area contributed by atoms with Gasteiger partial charge in [0.15, 0.2) is 5.69 Å². The van der Waals surface area contributed by atoms with Gasteiger partial charge in [0.1, 0.15) is 5.82 Å². The number of fused-ring (bicyclic) bond motifs is 2. The predicted molar refractivity (Wildman–Crippen MR) is 84.5 cm³/mol. The molecular weight excluding hydrogens is 349 g/mol. The van der Waals surface area contributed by atoms with Gasteiger partial charge in [0.2, 0.25) is 10.0 Å². The maximum Gasteiger partial charge on any atom is 0.276 e. The van der Waals surface area contributed by atoms with E-state index in [2.05, 4.69) is 15.4 Å². The van der Waals surface area contributed by atoms with Gasteiger partial charge in [0.25, 0.3) is 5.91 Å². The van der Waals surface area contributed by atoms with Crippen LogP contribution in [-0.2, 0) is 10.0 Å². The maximum atomic E-state index is 13.4. The van der Waals surface area contributed by atoms with Crippen molar-refractivity contribution in [1.29, 1.82) is 0 Å². The van der Waals surface area contributed by atoms with Crippen molar-refractivity contribution >= 4 is 15.9 Å². The number of piperazine rings is 1. The molecule has 2 atom stereocenters. The van der Waals surface area contributed by atoms with Crippen LogP contribution in [0.5, 0.6) is 0 Å². The number of sulfonamides is 1. The van der Waals surface area contributed by atoms with Gasteiger partial charge in [-0.05, 0) is 31.0 Å². The summed E-state index contributed by atoms with van der Waals surface area (Å²) in [5.41, 5.74) is 0.209. The molecule has 4 rings (SSSR count). The Labute approximate surface area is 143 Å². The molecule has 0 aliphatic carbocycles. The van der Waals surface area contributed by atoms with Crippen molar-refractivity contribution in [2.45, 2.75) is 29.8 Å². The molecule has 1 amide bonds. The van der Waals surface area contributed by atoms with Crippen molar-refractivity contribution in [3.05, 3.63) is 42.0 Å². The number of aromatic amines is 1. The molecule has 8 nitrogen and oxygen atoms in total. The lowest BCUT2D eigenvalue weighted by Crippen LogP contribution is -2.57. The average molecular weight is 365 g/mol. The van der Waals surface area contributed by atoms with Crippen LogP contribution in [-0.4, -0.2) is 64.1 Å². The van der Waals surface area contributed by atoms with Crippen LogP contribution in [0.3, 0.4) is 0 Å². The highest BCUT2D eigenvalue weighted by atomic mass is 32.2. The second kappa shape index (κ2) is 5.88. The molecule has 2 aromatic rings. The van der Waals surface area contributed by atoms with Gasteiger partial charge in [0.05, 0.1) is 11.1 Å². The first-order chi connectivity index (χ1) is 12.0. The first-order valence-electron chi connectivity index (χ1n) is 7.91. The molecule has 0 saturated carbocycles. The predicted octanol–water partition coefficient (Wildman–Crippen LogP) is 0.621. The molecule has 2 fully saturated rings. The summed E-state index contributed by atoms with van der Waals surface area (Å²) in [7, 11) is -3.80. The van der Waals surface area contributed by atoms with Crippen molar-refractivity contribution in [2.75, 3.05) is 13.1 Å². The maximum absolute atomic E-state index is 13.4. The monoisotopic (exact) mass is 365 g/mol. The fourth-order valence-electron chi connectivity index (χ4n) is 3.64. The average Bonchev–Trinajstić information content (AvgIpc) is 3.21. The number of nitrogens with one attached hydrogen (secondary N) is 1. The second-order valence-corrected chi connectivity index (χ2v) is 8.09. The van der Waals surface area contributed by atoms with Crippen molar-refractivity contribution < 1.29 is 17.6 Å². The Balaban J connectivity index is 1.59. The van der Waals surface area contributed by atoms with E-state index >= 15 is 0 Å². The van der Waals surface area contributed by atoms with Gasteiger partial charge in [-0.15, -0.1) is 0 Å². The molecule has 10 heteroatoms. The summed E-state index contributed by atoms with van der Waals surface area (Å²) in [4.78, 5) is 14.0. The first kappa shape index (κ1) is 16.2. The minimum atomic E-state index is -3.80. The lowest BCUT2D eigenvalue weighted by molar-refractivity contribution is 0.0609. The van der Waals surface area contributed by atoms with Gasteiger partial charge in [-0.2, -0.15) is 19.7 Å². The topological polar surface area (TPSA) is 99.3 Å². The summed E-state index contributed by atoms with van der Waals surface area (Å²) in [5, 5.41) is 9.81. The number of aromatic nitrogens is 3. The van der Waals surface area contributed by atoms with Crippen LogP contribution in [0.2, 0.25) is 0 Å². The Bertz CT molecular complexity index is 888. The number of hydrogen-bond donors (Lipinski definition) is 1. The van der Waals surface area contributed by atoms with Crippen LogP contribution in [0, 0.1) is 5.82 Å². The van der Waals surface area contributed by atoms with E-state index in [1.807, 2.05) is 0 Å². The van der Waals surface area contributed by atoms with Gasteiger partial charge in [-0.1, -0.05) is 6.07 Å². The molecule has 2 unspecified atom stereocenters. The number of amides is 1. The number of carbonyl (C=O) groups is 1. The molecule has 2 aliphatic rings. The summed E-state index contributed by atoms with van der Waals surface area (Å²) in [6.07, 6.45) is 2.68. The Hall–Kier alpha value is -2.33. The van der Waals surface area contributed by atoms with E-state index in [0.717, 1.165) is 6.07 Å². The van der Waals surface area contributed by atoms with Crippen LogP contribution < -0.4 is 0 Å². The van der Waals surface area contributed by atoms with Gasteiger partial charge in [-0.3, -0.25) is 4.79 Å². The van der Waals surface area contributed by atoms with E-state index < -0.39 is 15.8 Å².